The summed E-state index contributed by atoms with van der Waals surface area (Å²) in [6.45, 7) is 2.67. The lowest BCUT2D eigenvalue weighted by atomic mass is 9.63. The van der Waals surface area contributed by atoms with Gasteiger partial charge in [0.25, 0.3) is 0 Å². The molecule has 232 valence electrons. The van der Waals surface area contributed by atoms with Crippen LogP contribution in [0.3, 0.4) is 0 Å². The quantitative estimate of drug-likeness (QED) is 0.348. The molecule has 2 amide bonds. The van der Waals surface area contributed by atoms with Crippen LogP contribution in [-0.4, -0.2) is 69.2 Å². The molecule has 0 radical (unpaired) electrons. The van der Waals surface area contributed by atoms with E-state index in [0.29, 0.717) is 23.4 Å². The molecular formula is C31H47Cl2N7O2. The molecular weight excluding hydrogens is 573 g/mol. The van der Waals surface area contributed by atoms with Gasteiger partial charge in [0, 0.05) is 36.7 Å². The van der Waals surface area contributed by atoms with E-state index in [1.165, 1.54) is 32.1 Å². The predicted octanol–water partition coefficient (Wildman–Crippen LogP) is 4.13. The number of hydrogen-bond acceptors (Lipinski definition) is 6. The Morgan fingerprint density at radius 2 is 1.67 bits per heavy atom. The third-order valence-electron chi connectivity index (χ3n) is 9.87. The average Bonchev–Trinajstić information content (AvgIpc) is 3.51. The van der Waals surface area contributed by atoms with Crippen LogP contribution >= 0.6 is 24.0 Å². The van der Waals surface area contributed by atoms with Gasteiger partial charge >= 0.3 is 0 Å². The molecule has 0 bridgehead atoms. The zero-order chi connectivity index (χ0) is 28.7. The van der Waals surface area contributed by atoms with E-state index in [1.807, 2.05) is 35.3 Å². The molecule has 2 aromatic rings. The van der Waals surface area contributed by atoms with Crippen LogP contribution in [0.5, 0.6) is 0 Å². The van der Waals surface area contributed by atoms with E-state index in [1.54, 1.807) is 6.33 Å². The van der Waals surface area contributed by atoms with Gasteiger partial charge in [-0.3, -0.25) is 14.3 Å². The number of carbonyl (C=O) groups excluding carboxylic acids is 2. The molecule has 2 aliphatic carbocycles. The lowest BCUT2D eigenvalue weighted by molar-refractivity contribution is -0.137. The maximum atomic E-state index is 14.1. The number of hydrogen-bond donors (Lipinski definition) is 3. The normalized spacial score (nSPS) is 23.6. The van der Waals surface area contributed by atoms with Crippen LogP contribution < -0.4 is 16.4 Å². The van der Waals surface area contributed by atoms with E-state index >= 15 is 0 Å². The van der Waals surface area contributed by atoms with Crippen LogP contribution in [0, 0.1) is 11.3 Å². The number of primary amides is 1. The third kappa shape index (κ3) is 8.68. The van der Waals surface area contributed by atoms with Crippen LogP contribution in [0.1, 0.15) is 76.2 Å². The van der Waals surface area contributed by atoms with Crippen LogP contribution in [0.2, 0.25) is 5.02 Å². The molecule has 11 heteroatoms. The Morgan fingerprint density at radius 1 is 1.00 bits per heavy atom. The van der Waals surface area contributed by atoms with Crippen molar-refractivity contribution in [3.8, 4) is 0 Å². The number of nitrogens with two attached hydrogens (primary N) is 1. The Morgan fingerprint density at radius 3 is 2.29 bits per heavy atom. The van der Waals surface area contributed by atoms with Gasteiger partial charge in [-0.05, 0) is 86.8 Å². The van der Waals surface area contributed by atoms with E-state index in [4.69, 9.17) is 17.3 Å². The Balaban J connectivity index is 0.00000405. The van der Waals surface area contributed by atoms with E-state index < -0.39 is 0 Å². The number of aromatic nitrogens is 3. The van der Waals surface area contributed by atoms with Gasteiger partial charge in [0.05, 0.1) is 12.6 Å². The monoisotopic (exact) mass is 619 g/mol. The Bertz CT molecular complexity index is 1110. The van der Waals surface area contributed by atoms with Crippen LogP contribution in [-0.2, 0) is 22.6 Å². The highest BCUT2D eigenvalue weighted by Crippen LogP contribution is 2.47. The highest BCUT2D eigenvalue weighted by atomic mass is 35.5. The maximum Gasteiger partial charge on any atom is 0.240 e. The van der Waals surface area contributed by atoms with Gasteiger partial charge in [0.2, 0.25) is 11.8 Å². The molecule has 1 atom stereocenters. The number of likely N-dealkylation sites (tertiary alicyclic amines) is 1. The van der Waals surface area contributed by atoms with E-state index in [0.717, 1.165) is 63.7 Å². The lowest BCUT2D eigenvalue weighted by Crippen LogP contribution is -2.56. The molecule has 42 heavy (non-hydrogen) atoms. The Labute approximate surface area is 261 Å². The van der Waals surface area contributed by atoms with Crippen molar-refractivity contribution in [3.63, 3.8) is 0 Å². The second-order valence-corrected chi connectivity index (χ2v) is 13.0. The van der Waals surface area contributed by atoms with Crippen molar-refractivity contribution in [2.24, 2.45) is 17.1 Å². The molecule has 2 heterocycles. The van der Waals surface area contributed by atoms with Crippen molar-refractivity contribution in [3.05, 3.63) is 47.5 Å². The summed E-state index contributed by atoms with van der Waals surface area (Å²) in [5, 5.41) is 12.2. The summed E-state index contributed by atoms with van der Waals surface area (Å²) < 4.78 is 2.01. The fraction of sp³-hybridized carbons (Fsp3) is 0.677. The second kappa shape index (κ2) is 15.5. The highest BCUT2D eigenvalue weighted by molar-refractivity contribution is 6.30. The Hall–Kier alpha value is -2.20. The summed E-state index contributed by atoms with van der Waals surface area (Å²) in [4.78, 5) is 31.6. The van der Waals surface area contributed by atoms with Crippen LogP contribution in [0.4, 0.5) is 0 Å². The number of piperidine rings is 1. The van der Waals surface area contributed by atoms with Crippen LogP contribution in [0.15, 0.2) is 36.9 Å². The average molecular weight is 621 g/mol. The summed E-state index contributed by atoms with van der Waals surface area (Å²) in [5.74, 6) is 0.556. The first kappa shape index (κ1) is 32.7. The number of rotatable bonds is 11. The van der Waals surface area contributed by atoms with Gasteiger partial charge in [-0.1, -0.05) is 43.0 Å². The first-order chi connectivity index (χ1) is 19.9. The van der Waals surface area contributed by atoms with Crippen molar-refractivity contribution in [1.29, 1.82) is 0 Å². The number of amides is 2. The summed E-state index contributed by atoms with van der Waals surface area (Å²) in [6, 6.07) is 8.13. The predicted molar refractivity (Wildman–Crippen MR) is 167 cm³/mol. The van der Waals surface area contributed by atoms with Crippen molar-refractivity contribution in [1.82, 2.24) is 30.3 Å². The number of carbonyl (C=O) groups is 2. The Kier molecular flexibility index (Phi) is 12.1. The number of benzene rings is 1. The van der Waals surface area contributed by atoms with Gasteiger partial charge in [0.15, 0.2) is 0 Å². The van der Waals surface area contributed by atoms with Crippen molar-refractivity contribution in [2.45, 2.75) is 102 Å². The minimum absolute atomic E-state index is 0. The minimum Gasteiger partial charge on any atom is -0.369 e. The highest BCUT2D eigenvalue weighted by Gasteiger charge is 2.44. The molecule has 1 aliphatic heterocycles. The first-order valence-corrected chi connectivity index (χ1v) is 15.9. The fourth-order valence-electron chi connectivity index (χ4n) is 7.51. The summed E-state index contributed by atoms with van der Waals surface area (Å²) in [6.07, 6.45) is 16.5. The molecule has 1 saturated heterocycles. The van der Waals surface area contributed by atoms with Crippen molar-refractivity contribution in [2.75, 3.05) is 19.6 Å². The van der Waals surface area contributed by atoms with Crippen molar-refractivity contribution >= 4 is 35.8 Å². The molecule has 5 rings (SSSR count). The summed E-state index contributed by atoms with van der Waals surface area (Å²) >= 11 is 6.15. The van der Waals surface area contributed by atoms with E-state index in [2.05, 4.69) is 25.6 Å². The van der Waals surface area contributed by atoms with Gasteiger partial charge in [-0.2, -0.15) is 5.10 Å². The van der Waals surface area contributed by atoms with Crippen LogP contribution in [0.25, 0.3) is 0 Å². The molecule has 0 spiro atoms. The van der Waals surface area contributed by atoms with Gasteiger partial charge < -0.3 is 21.3 Å². The largest absolute Gasteiger partial charge is 0.369 e. The maximum absolute atomic E-state index is 14.1. The van der Waals surface area contributed by atoms with E-state index in [9.17, 15) is 9.59 Å². The smallest absolute Gasteiger partial charge is 0.240 e. The van der Waals surface area contributed by atoms with Gasteiger partial charge in [-0.15, -0.1) is 12.4 Å². The summed E-state index contributed by atoms with van der Waals surface area (Å²) in [5.41, 5.74) is 6.59. The molecule has 4 N–H and O–H groups in total. The van der Waals surface area contributed by atoms with Gasteiger partial charge in [0.1, 0.15) is 12.7 Å². The topological polar surface area (TPSA) is 118 Å². The standard InChI is InChI=1S/C31H46ClN7O2.ClH/c32-25-8-6-23(7-9-25)18-28(37-27-12-10-26(11-13-27)35-19-29(33)40)30(41)38-16-14-31(15-17-38,20-39-22-34-21-36-39)24-4-2-1-3-5-24;/h6-9,21-22,24,26-28,35,37H,1-5,10-20H2,(H2,33,40);1H/t26-,27+,28-;/m1./s1. The molecule has 9 nitrogen and oxygen atoms in total. The number of nitrogens with zero attached hydrogens (tertiary/aromatic N) is 4. The van der Waals surface area contributed by atoms with E-state index in [-0.39, 0.29) is 48.3 Å². The number of nitrogens with one attached hydrogen (secondary N) is 2. The first-order valence-electron chi connectivity index (χ1n) is 15.5. The molecule has 0 unspecified atom stereocenters. The zero-order valence-electron chi connectivity index (χ0n) is 24.6. The molecule has 3 aliphatic rings. The molecule has 2 saturated carbocycles. The van der Waals surface area contributed by atoms with Crippen molar-refractivity contribution < 1.29 is 9.59 Å². The minimum atomic E-state index is -0.325. The zero-order valence-corrected chi connectivity index (χ0v) is 26.1. The second-order valence-electron chi connectivity index (χ2n) is 12.6. The molecule has 1 aromatic carbocycles. The SMILES string of the molecule is Cl.NC(=O)CN[C@H]1CC[C@@H](N[C@H](Cc2ccc(Cl)cc2)C(=O)N2CCC(Cn3cncn3)(C3CCCCC3)CC2)CC1. The summed E-state index contributed by atoms with van der Waals surface area (Å²) in [7, 11) is 0. The molecule has 3 fully saturated rings. The van der Waals surface area contributed by atoms with Gasteiger partial charge in [-0.25, -0.2) is 4.98 Å². The third-order valence-corrected chi connectivity index (χ3v) is 10.1. The lowest BCUT2D eigenvalue weighted by Gasteiger charge is -2.48. The fourth-order valence-corrected chi connectivity index (χ4v) is 7.63. The molecule has 1 aromatic heterocycles. The number of halogens is 2.